The zero-order valence-corrected chi connectivity index (χ0v) is 19.2. The summed E-state index contributed by atoms with van der Waals surface area (Å²) in [5, 5.41) is 4.40. The SMILES string of the molecule is CC(C)c1cccc(C(C)C)c1NC(=S)N(Cc1ccccc1)Cc1ccccc1. The summed E-state index contributed by atoms with van der Waals surface area (Å²) in [6.45, 7) is 10.5. The van der Waals surface area contributed by atoms with Crippen LogP contribution in [0.2, 0.25) is 0 Å². The Bertz CT molecular complexity index is 881. The zero-order chi connectivity index (χ0) is 21.5. The average molecular weight is 417 g/mol. The van der Waals surface area contributed by atoms with Crippen LogP contribution in [0.5, 0.6) is 0 Å². The van der Waals surface area contributed by atoms with Crippen molar-refractivity contribution in [1.29, 1.82) is 0 Å². The molecule has 3 rings (SSSR count). The number of hydrogen-bond donors (Lipinski definition) is 1. The number of thiocarbonyl (C=S) groups is 1. The molecule has 30 heavy (non-hydrogen) atoms. The molecule has 0 unspecified atom stereocenters. The van der Waals surface area contributed by atoms with Gasteiger partial charge in [-0.15, -0.1) is 0 Å². The molecule has 0 spiro atoms. The van der Waals surface area contributed by atoms with E-state index in [4.69, 9.17) is 12.2 Å². The molecule has 0 aliphatic carbocycles. The molecule has 156 valence electrons. The van der Waals surface area contributed by atoms with Crippen LogP contribution in [-0.4, -0.2) is 10.0 Å². The Morgan fingerprint density at radius 2 is 1.13 bits per heavy atom. The lowest BCUT2D eigenvalue weighted by atomic mass is 9.93. The van der Waals surface area contributed by atoms with Crippen molar-refractivity contribution in [1.82, 2.24) is 4.90 Å². The maximum atomic E-state index is 5.96. The molecule has 2 nitrogen and oxygen atoms in total. The van der Waals surface area contributed by atoms with Gasteiger partial charge in [0.1, 0.15) is 0 Å². The molecule has 0 aliphatic heterocycles. The Morgan fingerprint density at radius 3 is 1.53 bits per heavy atom. The standard InChI is InChI=1S/C27H32N2S/c1-20(2)24-16-11-17-25(21(3)4)26(24)28-27(30)29(18-22-12-7-5-8-13-22)19-23-14-9-6-10-15-23/h5-17,20-21H,18-19H2,1-4H3,(H,28,30). The molecule has 0 fully saturated rings. The van der Waals surface area contributed by atoms with Crippen LogP contribution in [0.15, 0.2) is 78.9 Å². The highest BCUT2D eigenvalue weighted by Crippen LogP contribution is 2.32. The minimum absolute atomic E-state index is 0.422. The fourth-order valence-corrected chi connectivity index (χ4v) is 3.92. The number of anilines is 1. The first kappa shape index (κ1) is 22.0. The van der Waals surface area contributed by atoms with Gasteiger partial charge in [0, 0.05) is 18.8 Å². The first-order chi connectivity index (χ1) is 14.5. The van der Waals surface area contributed by atoms with Crippen molar-refractivity contribution in [2.75, 3.05) is 5.32 Å². The molecule has 0 amide bonds. The van der Waals surface area contributed by atoms with Gasteiger partial charge in [-0.25, -0.2) is 0 Å². The van der Waals surface area contributed by atoms with Crippen LogP contribution < -0.4 is 5.32 Å². The van der Waals surface area contributed by atoms with Gasteiger partial charge in [0.2, 0.25) is 0 Å². The Hall–Kier alpha value is -2.65. The van der Waals surface area contributed by atoms with Crippen LogP contribution in [0.4, 0.5) is 5.69 Å². The Labute approximate surface area is 186 Å². The number of benzene rings is 3. The van der Waals surface area contributed by atoms with Crippen molar-refractivity contribution < 1.29 is 0 Å². The molecule has 1 N–H and O–H groups in total. The largest absolute Gasteiger partial charge is 0.340 e. The Kier molecular flexibility index (Phi) is 7.64. The second-order valence-electron chi connectivity index (χ2n) is 8.38. The summed E-state index contributed by atoms with van der Waals surface area (Å²) < 4.78 is 0. The normalized spacial score (nSPS) is 11.0. The summed E-state index contributed by atoms with van der Waals surface area (Å²) in [7, 11) is 0. The van der Waals surface area contributed by atoms with Crippen molar-refractivity contribution in [2.24, 2.45) is 0 Å². The number of nitrogens with one attached hydrogen (secondary N) is 1. The van der Waals surface area contributed by atoms with Crippen LogP contribution in [0.25, 0.3) is 0 Å². The third kappa shape index (κ3) is 5.70. The minimum Gasteiger partial charge on any atom is -0.340 e. The molecular formula is C27H32N2S. The Morgan fingerprint density at radius 1 is 0.700 bits per heavy atom. The average Bonchev–Trinajstić information content (AvgIpc) is 2.74. The van der Waals surface area contributed by atoms with Crippen molar-refractivity contribution in [3.05, 3.63) is 101 Å². The third-order valence-electron chi connectivity index (χ3n) is 5.32. The highest BCUT2D eigenvalue weighted by atomic mass is 32.1. The smallest absolute Gasteiger partial charge is 0.174 e. The monoisotopic (exact) mass is 416 g/mol. The molecule has 3 aromatic rings. The minimum atomic E-state index is 0.422. The molecule has 0 bridgehead atoms. The predicted molar refractivity (Wildman–Crippen MR) is 133 cm³/mol. The van der Waals surface area contributed by atoms with E-state index in [1.807, 2.05) is 0 Å². The van der Waals surface area contributed by atoms with E-state index in [0.29, 0.717) is 11.8 Å². The molecule has 3 aromatic carbocycles. The molecular weight excluding hydrogens is 384 g/mol. The zero-order valence-electron chi connectivity index (χ0n) is 18.4. The second-order valence-corrected chi connectivity index (χ2v) is 8.76. The van der Waals surface area contributed by atoms with Gasteiger partial charge < -0.3 is 10.2 Å². The van der Waals surface area contributed by atoms with E-state index in [1.54, 1.807) is 0 Å². The quantitative estimate of drug-likeness (QED) is 0.406. The van der Waals surface area contributed by atoms with Crippen LogP contribution >= 0.6 is 12.2 Å². The molecule has 0 heterocycles. The first-order valence-corrected chi connectivity index (χ1v) is 11.1. The van der Waals surface area contributed by atoms with Crippen LogP contribution in [0, 0.1) is 0 Å². The summed E-state index contributed by atoms with van der Waals surface area (Å²) in [6, 6.07) is 27.6. The summed E-state index contributed by atoms with van der Waals surface area (Å²) in [5.41, 5.74) is 6.28. The third-order valence-corrected chi connectivity index (χ3v) is 5.68. The first-order valence-electron chi connectivity index (χ1n) is 10.7. The van der Waals surface area contributed by atoms with Crippen molar-refractivity contribution in [3.8, 4) is 0 Å². The maximum absolute atomic E-state index is 5.96. The van der Waals surface area contributed by atoms with Crippen molar-refractivity contribution >= 4 is 23.0 Å². The van der Waals surface area contributed by atoms with Crippen LogP contribution in [0.1, 0.15) is 61.8 Å². The van der Waals surface area contributed by atoms with Crippen LogP contribution in [-0.2, 0) is 13.1 Å². The molecule has 0 aromatic heterocycles. The van der Waals surface area contributed by atoms with E-state index in [-0.39, 0.29) is 0 Å². The lowest BCUT2D eigenvalue weighted by Gasteiger charge is -2.29. The molecule has 0 saturated carbocycles. The van der Waals surface area contributed by atoms with E-state index < -0.39 is 0 Å². The molecule has 0 saturated heterocycles. The van der Waals surface area contributed by atoms with E-state index in [9.17, 15) is 0 Å². The van der Waals surface area contributed by atoms with Gasteiger partial charge in [-0.3, -0.25) is 0 Å². The van der Waals surface area contributed by atoms with Gasteiger partial charge in [0.25, 0.3) is 0 Å². The number of nitrogens with zero attached hydrogens (tertiary/aromatic N) is 1. The summed E-state index contributed by atoms with van der Waals surface area (Å²) in [5.74, 6) is 0.844. The fraction of sp³-hybridized carbons (Fsp3) is 0.296. The van der Waals surface area contributed by atoms with Crippen molar-refractivity contribution in [3.63, 3.8) is 0 Å². The lowest BCUT2D eigenvalue weighted by molar-refractivity contribution is 0.413. The molecule has 0 atom stereocenters. The Balaban J connectivity index is 1.91. The van der Waals surface area contributed by atoms with Crippen LogP contribution in [0.3, 0.4) is 0 Å². The molecule has 3 heteroatoms. The second kappa shape index (κ2) is 10.4. The summed E-state index contributed by atoms with van der Waals surface area (Å²) in [6.07, 6.45) is 0. The van der Waals surface area contributed by atoms with E-state index in [0.717, 1.165) is 18.2 Å². The van der Waals surface area contributed by atoms with Gasteiger partial charge in [-0.2, -0.15) is 0 Å². The maximum Gasteiger partial charge on any atom is 0.174 e. The lowest BCUT2D eigenvalue weighted by Crippen LogP contribution is -2.34. The number of para-hydroxylation sites is 1. The van der Waals surface area contributed by atoms with Gasteiger partial charge in [-0.1, -0.05) is 107 Å². The van der Waals surface area contributed by atoms with Gasteiger partial charge in [-0.05, 0) is 46.3 Å². The number of rotatable bonds is 7. The molecule has 0 radical (unpaired) electrons. The van der Waals surface area contributed by atoms with E-state index in [2.05, 4.69) is 117 Å². The van der Waals surface area contributed by atoms with Gasteiger partial charge in [0.15, 0.2) is 5.11 Å². The summed E-state index contributed by atoms with van der Waals surface area (Å²) >= 11 is 5.96. The highest BCUT2D eigenvalue weighted by Gasteiger charge is 2.18. The number of hydrogen-bond acceptors (Lipinski definition) is 1. The molecule has 0 aliphatic rings. The van der Waals surface area contributed by atoms with E-state index >= 15 is 0 Å². The summed E-state index contributed by atoms with van der Waals surface area (Å²) in [4.78, 5) is 2.25. The van der Waals surface area contributed by atoms with Gasteiger partial charge >= 0.3 is 0 Å². The van der Waals surface area contributed by atoms with Crippen molar-refractivity contribution in [2.45, 2.75) is 52.6 Å². The predicted octanol–water partition coefficient (Wildman–Crippen LogP) is 7.33. The van der Waals surface area contributed by atoms with Gasteiger partial charge in [0.05, 0.1) is 0 Å². The highest BCUT2D eigenvalue weighted by molar-refractivity contribution is 7.80. The fourth-order valence-electron chi connectivity index (χ4n) is 3.69. The topological polar surface area (TPSA) is 15.3 Å². The van der Waals surface area contributed by atoms with E-state index in [1.165, 1.54) is 27.9 Å².